The molecule has 2 fully saturated rings. The Morgan fingerprint density at radius 2 is 1.98 bits per heavy atom. The summed E-state index contributed by atoms with van der Waals surface area (Å²) in [6, 6.07) is 14.8. The van der Waals surface area contributed by atoms with Gasteiger partial charge in [0.15, 0.2) is 5.60 Å². The van der Waals surface area contributed by atoms with Crippen LogP contribution in [0.3, 0.4) is 0 Å². The van der Waals surface area contributed by atoms with Crippen LogP contribution in [0.4, 0.5) is 15.5 Å². The van der Waals surface area contributed by atoms with Crippen molar-refractivity contribution in [2.75, 3.05) is 43.0 Å². The van der Waals surface area contributed by atoms with Crippen LogP contribution >= 0.6 is 0 Å². The Bertz CT molecular complexity index is 1290. The molecule has 0 aliphatic carbocycles. The number of carbonyl (C=O) groups excluding carboxylic acids is 3. The van der Waals surface area contributed by atoms with E-state index < -0.39 is 31.6 Å². The van der Waals surface area contributed by atoms with Crippen molar-refractivity contribution in [1.29, 1.82) is 0 Å². The van der Waals surface area contributed by atoms with Crippen molar-refractivity contribution in [3.05, 3.63) is 59.7 Å². The molecule has 2 aromatic carbocycles. The Hall–Kier alpha value is -3.12. The second kappa shape index (κ2) is 11.0. The lowest BCUT2D eigenvalue weighted by atomic mass is 9.82. The fraction of sp³-hybridized carbons (Fsp3) is 0.483. The summed E-state index contributed by atoms with van der Waals surface area (Å²) in [5, 5.41) is 15.6. The van der Waals surface area contributed by atoms with Crippen LogP contribution in [-0.2, 0) is 31.3 Å². The second-order valence-corrected chi connectivity index (χ2v) is 15.2. The van der Waals surface area contributed by atoms with E-state index in [-0.39, 0.29) is 43.8 Å². The minimum absolute atomic E-state index is 0.0704. The molecule has 0 bridgehead atoms. The van der Waals surface area contributed by atoms with Crippen LogP contribution in [0.5, 0.6) is 0 Å². The van der Waals surface area contributed by atoms with Gasteiger partial charge in [0.05, 0.1) is 25.7 Å². The van der Waals surface area contributed by atoms with Crippen molar-refractivity contribution >= 4 is 37.5 Å². The lowest BCUT2D eigenvalue weighted by Gasteiger charge is -2.32. The van der Waals surface area contributed by atoms with Gasteiger partial charge in [-0.3, -0.25) is 14.4 Å². The van der Waals surface area contributed by atoms with Gasteiger partial charge in [0.2, 0.25) is 20.2 Å². The smallest absolute Gasteiger partial charge is 0.261 e. The normalized spacial score (nSPS) is 26.2. The van der Waals surface area contributed by atoms with E-state index in [2.05, 4.69) is 10.6 Å². The zero-order valence-corrected chi connectivity index (χ0v) is 24.2. The molecule has 3 amide bonds. The number of amides is 3. The average Bonchev–Trinajstić information content (AvgIpc) is 3.37. The van der Waals surface area contributed by atoms with Gasteiger partial charge in [0, 0.05) is 54.6 Å². The molecule has 0 radical (unpaired) electrons. The largest absolute Gasteiger partial charge is 0.395 e. The number of aliphatic hydroxyl groups excluding tert-OH is 1. The Morgan fingerprint density at radius 3 is 2.65 bits per heavy atom. The number of halogens is 1. The molecule has 40 heavy (non-hydrogen) atoms. The summed E-state index contributed by atoms with van der Waals surface area (Å²) in [4.78, 5) is 43.0. The number of piperazine rings is 1. The number of ether oxygens (including phenoxy) is 1. The van der Waals surface area contributed by atoms with Crippen molar-refractivity contribution in [3.63, 3.8) is 0 Å². The highest BCUT2D eigenvalue weighted by Crippen LogP contribution is 2.59. The van der Waals surface area contributed by atoms with Gasteiger partial charge in [-0.25, -0.2) is 0 Å². The molecule has 4 atom stereocenters. The minimum Gasteiger partial charge on any atom is -0.395 e. The van der Waals surface area contributed by atoms with Crippen molar-refractivity contribution in [3.8, 4) is 0 Å². The number of nitrogens with one attached hydrogen (secondary N) is 2. The van der Waals surface area contributed by atoms with Crippen LogP contribution < -0.4 is 15.5 Å². The molecule has 0 saturated carbocycles. The summed E-state index contributed by atoms with van der Waals surface area (Å²) in [7, 11) is -3.44. The third-order valence-electron chi connectivity index (χ3n) is 8.42. The molecule has 9 nitrogen and oxygen atoms in total. The maximum absolute atomic E-state index is 16.0. The average molecular weight is 569 g/mol. The van der Waals surface area contributed by atoms with Crippen LogP contribution in [0.25, 0.3) is 0 Å². The lowest BCUT2D eigenvalue weighted by Crippen LogP contribution is -2.48. The number of hydrogen-bond acceptors (Lipinski definition) is 6. The fourth-order valence-electron chi connectivity index (χ4n) is 6.62. The number of aliphatic hydroxyl groups is 1. The van der Waals surface area contributed by atoms with E-state index in [1.807, 2.05) is 37.3 Å². The molecule has 11 heteroatoms. The van der Waals surface area contributed by atoms with Gasteiger partial charge in [-0.15, -0.1) is 0 Å². The molecular formula is C29H37FN4O5Si. The van der Waals surface area contributed by atoms with E-state index in [9.17, 15) is 19.5 Å². The Kier molecular flexibility index (Phi) is 7.84. The highest BCUT2D eigenvalue weighted by atomic mass is 28.4. The second-order valence-electron chi connectivity index (χ2n) is 11.4. The summed E-state index contributed by atoms with van der Waals surface area (Å²) in [5.41, 5.74) is 0.599. The van der Waals surface area contributed by atoms with Gasteiger partial charge < -0.3 is 34.4 Å². The van der Waals surface area contributed by atoms with Crippen molar-refractivity contribution < 1.29 is 28.3 Å². The van der Waals surface area contributed by atoms with Crippen LogP contribution in [0.15, 0.2) is 48.5 Å². The third-order valence-corrected chi connectivity index (χ3v) is 10.9. The van der Waals surface area contributed by atoms with Gasteiger partial charge in [0.1, 0.15) is 0 Å². The number of rotatable bonds is 8. The van der Waals surface area contributed by atoms with Gasteiger partial charge >= 0.3 is 0 Å². The Balaban J connectivity index is 1.47. The molecule has 0 unspecified atom stereocenters. The van der Waals surface area contributed by atoms with Crippen molar-refractivity contribution in [2.24, 2.45) is 5.92 Å². The van der Waals surface area contributed by atoms with Gasteiger partial charge in [-0.2, -0.15) is 0 Å². The molecule has 3 aliphatic rings. The first kappa shape index (κ1) is 28.4. The quantitative estimate of drug-likeness (QED) is 0.334. The summed E-state index contributed by atoms with van der Waals surface area (Å²) in [5.74, 6) is -1.27. The zero-order valence-electron chi connectivity index (χ0n) is 23.2. The highest BCUT2D eigenvalue weighted by molar-refractivity contribution is 6.72. The van der Waals surface area contributed by atoms with Gasteiger partial charge in [0.25, 0.3) is 5.91 Å². The summed E-state index contributed by atoms with van der Waals surface area (Å²) < 4.78 is 22.6. The van der Waals surface area contributed by atoms with E-state index in [1.165, 1.54) is 0 Å². The number of carbonyl (C=O) groups is 3. The number of nitrogens with zero attached hydrogens (tertiary/aromatic N) is 2. The SMILES string of the molecule is C[C@@H]1[C@@H]([Si](C)(C)F)[C@H](CC(=O)N(CCO)Cc2ccccc2)O[C@@]12C(=O)Nc1ccc(N3CCNCC3=O)cc12. The van der Waals surface area contributed by atoms with Crippen LogP contribution in [0.1, 0.15) is 24.5 Å². The molecule has 0 aromatic heterocycles. The van der Waals surface area contributed by atoms with Crippen molar-refractivity contribution in [2.45, 2.75) is 50.2 Å². The topological polar surface area (TPSA) is 111 Å². The predicted octanol–water partition coefficient (Wildman–Crippen LogP) is 2.76. The van der Waals surface area contributed by atoms with Gasteiger partial charge in [-0.05, 0) is 36.9 Å². The number of fused-ring (bicyclic) bond motifs is 2. The number of hydrogen-bond donors (Lipinski definition) is 3. The van der Waals surface area contributed by atoms with E-state index in [0.29, 0.717) is 36.6 Å². The minimum atomic E-state index is -3.44. The lowest BCUT2D eigenvalue weighted by molar-refractivity contribution is -0.148. The fourth-order valence-corrected chi connectivity index (χ4v) is 9.11. The summed E-state index contributed by atoms with van der Waals surface area (Å²) >= 11 is 0. The summed E-state index contributed by atoms with van der Waals surface area (Å²) in [6.45, 7) is 6.62. The van der Waals surface area contributed by atoms with Crippen LogP contribution in [0, 0.1) is 5.92 Å². The molecular weight excluding hydrogens is 531 g/mol. The molecule has 3 aliphatic heterocycles. The number of benzene rings is 2. The highest BCUT2D eigenvalue weighted by Gasteiger charge is 2.65. The first-order chi connectivity index (χ1) is 19.1. The molecule has 2 aromatic rings. The first-order valence-electron chi connectivity index (χ1n) is 13.8. The molecule has 214 valence electrons. The van der Waals surface area contributed by atoms with Crippen LogP contribution in [0.2, 0.25) is 18.6 Å². The molecule has 5 rings (SSSR count). The monoisotopic (exact) mass is 568 g/mol. The standard InChI is InChI=1S/C29H37FN4O5Si/c1-19-27(40(2,3)30)24(16-25(36)33(13-14-35)18-20-7-5-4-6-8-20)39-29(19)22-15-21(9-10-23(22)32-28(29)38)34-12-11-31-17-26(34)37/h4-10,15,19,24,27,31,35H,11-14,16-18H2,1-3H3,(H,32,38)/t19-,24+,27-,29+/m1/s1. The molecule has 3 heterocycles. The Morgan fingerprint density at radius 1 is 1.23 bits per heavy atom. The van der Waals surface area contributed by atoms with Crippen LogP contribution in [-0.4, -0.2) is 75.0 Å². The van der Waals surface area contributed by atoms with E-state index in [4.69, 9.17) is 4.74 Å². The van der Waals surface area contributed by atoms with Gasteiger partial charge in [-0.1, -0.05) is 37.3 Å². The van der Waals surface area contributed by atoms with Crippen molar-refractivity contribution in [1.82, 2.24) is 10.2 Å². The van der Waals surface area contributed by atoms with E-state index in [1.54, 1.807) is 41.1 Å². The molecule has 2 saturated heterocycles. The first-order valence-corrected chi connectivity index (χ1v) is 16.8. The molecule has 3 N–H and O–H groups in total. The maximum Gasteiger partial charge on any atom is 0.261 e. The maximum atomic E-state index is 16.0. The van der Waals surface area contributed by atoms with E-state index >= 15 is 4.11 Å². The zero-order chi connectivity index (χ0) is 28.7. The van der Waals surface area contributed by atoms with E-state index in [0.717, 1.165) is 5.56 Å². The Labute approximate surface area is 234 Å². The predicted molar refractivity (Wildman–Crippen MR) is 152 cm³/mol. The summed E-state index contributed by atoms with van der Waals surface area (Å²) in [6.07, 6.45) is -0.935. The third kappa shape index (κ3) is 5.07. The molecule has 1 spiro atoms. The number of anilines is 2.